The van der Waals surface area contributed by atoms with Crippen LogP contribution in [0.5, 0.6) is 11.5 Å². The predicted octanol–water partition coefficient (Wildman–Crippen LogP) is 4.91. The molecule has 0 aliphatic carbocycles. The number of ether oxygens (including phenoxy) is 1. The Morgan fingerprint density at radius 1 is 1.06 bits per heavy atom. The summed E-state index contributed by atoms with van der Waals surface area (Å²) >= 11 is 9.45. The molecule has 1 aromatic heterocycles. The van der Waals surface area contributed by atoms with E-state index in [-0.39, 0.29) is 0 Å². The lowest BCUT2D eigenvalue weighted by Gasteiger charge is -2.09. The summed E-state index contributed by atoms with van der Waals surface area (Å²) in [7, 11) is 0. The van der Waals surface area contributed by atoms with Crippen molar-refractivity contribution in [2.75, 3.05) is 0 Å². The molecular weight excluding hydrogens is 302 g/mol. The van der Waals surface area contributed by atoms with E-state index in [1.165, 1.54) is 0 Å². The lowest BCUT2D eigenvalue weighted by molar-refractivity contribution is 0.479. The summed E-state index contributed by atoms with van der Waals surface area (Å²) in [6.07, 6.45) is 3.38. The normalized spacial score (nSPS) is 10.4. The molecule has 0 atom stereocenters. The third-order valence-corrected chi connectivity index (χ3v) is 3.36. The zero-order chi connectivity index (χ0) is 12.4. The fourth-order valence-electron chi connectivity index (χ4n) is 1.55. The van der Waals surface area contributed by atoms with Crippen LogP contribution in [0.2, 0.25) is 5.02 Å². The fourth-order valence-corrected chi connectivity index (χ4v) is 2.00. The molecule has 2 nitrogen and oxygen atoms in total. The standard InChI is InChI=1S/C13H11BrClNO/c1-8-3-11(4-9(2)13(8)15)17-12-5-10(14)6-16-7-12/h3-7H,1-2H3. The molecule has 2 aromatic rings. The number of hydrogen-bond acceptors (Lipinski definition) is 2. The van der Waals surface area contributed by atoms with Crippen LogP contribution in [0, 0.1) is 13.8 Å². The zero-order valence-electron chi connectivity index (χ0n) is 9.50. The van der Waals surface area contributed by atoms with Crippen LogP contribution in [0.4, 0.5) is 0 Å². The summed E-state index contributed by atoms with van der Waals surface area (Å²) in [5.41, 5.74) is 2.01. The van der Waals surface area contributed by atoms with Gasteiger partial charge in [-0.1, -0.05) is 11.6 Å². The highest BCUT2D eigenvalue weighted by molar-refractivity contribution is 9.10. The fraction of sp³-hybridized carbons (Fsp3) is 0.154. The molecule has 0 amide bonds. The second-order valence-electron chi connectivity index (χ2n) is 3.81. The molecule has 0 N–H and O–H groups in total. The quantitative estimate of drug-likeness (QED) is 0.786. The maximum absolute atomic E-state index is 6.10. The second kappa shape index (κ2) is 5.07. The van der Waals surface area contributed by atoms with Gasteiger partial charge >= 0.3 is 0 Å². The van der Waals surface area contributed by atoms with Crippen molar-refractivity contribution in [3.05, 3.63) is 51.2 Å². The smallest absolute Gasteiger partial charge is 0.146 e. The van der Waals surface area contributed by atoms with E-state index in [2.05, 4.69) is 20.9 Å². The molecular formula is C13H11BrClNO. The van der Waals surface area contributed by atoms with Crippen molar-refractivity contribution in [1.82, 2.24) is 4.98 Å². The minimum Gasteiger partial charge on any atom is -0.456 e. The van der Waals surface area contributed by atoms with Gasteiger partial charge in [0.15, 0.2) is 0 Å². The van der Waals surface area contributed by atoms with Crippen LogP contribution in [-0.4, -0.2) is 4.98 Å². The molecule has 17 heavy (non-hydrogen) atoms. The first-order chi connectivity index (χ1) is 8.06. The Hall–Kier alpha value is -1.06. The predicted molar refractivity (Wildman–Crippen MR) is 72.9 cm³/mol. The topological polar surface area (TPSA) is 22.1 Å². The van der Waals surface area contributed by atoms with Crippen molar-refractivity contribution in [2.24, 2.45) is 0 Å². The number of halogens is 2. The summed E-state index contributed by atoms with van der Waals surface area (Å²) < 4.78 is 6.61. The number of aryl methyl sites for hydroxylation is 2. The summed E-state index contributed by atoms with van der Waals surface area (Å²) in [6, 6.07) is 5.69. The van der Waals surface area contributed by atoms with E-state index in [1.807, 2.05) is 32.0 Å². The highest BCUT2D eigenvalue weighted by Gasteiger charge is 2.05. The van der Waals surface area contributed by atoms with Crippen molar-refractivity contribution in [3.63, 3.8) is 0 Å². The average Bonchev–Trinajstić information content (AvgIpc) is 2.26. The molecule has 0 spiro atoms. The Morgan fingerprint density at radius 3 is 2.29 bits per heavy atom. The molecule has 0 aliphatic rings. The lowest BCUT2D eigenvalue weighted by Crippen LogP contribution is -1.89. The highest BCUT2D eigenvalue weighted by atomic mass is 79.9. The SMILES string of the molecule is Cc1cc(Oc2cncc(Br)c2)cc(C)c1Cl. The van der Waals surface area contributed by atoms with Gasteiger partial charge in [0.05, 0.1) is 6.20 Å². The van der Waals surface area contributed by atoms with Crippen LogP contribution in [0.3, 0.4) is 0 Å². The molecule has 4 heteroatoms. The Balaban J connectivity index is 2.31. The first-order valence-corrected chi connectivity index (χ1v) is 6.28. The number of rotatable bonds is 2. The Labute approximate surface area is 114 Å². The summed E-state index contributed by atoms with van der Waals surface area (Å²) in [5.74, 6) is 1.46. The van der Waals surface area contributed by atoms with Gasteiger partial charge in [0.25, 0.3) is 0 Å². The van der Waals surface area contributed by atoms with Crippen molar-refractivity contribution in [1.29, 1.82) is 0 Å². The zero-order valence-corrected chi connectivity index (χ0v) is 11.8. The molecule has 0 bridgehead atoms. The summed E-state index contributed by atoms with van der Waals surface area (Å²) in [5, 5.41) is 0.782. The Morgan fingerprint density at radius 2 is 1.71 bits per heavy atom. The third kappa shape index (κ3) is 2.99. The van der Waals surface area contributed by atoms with Gasteiger partial charge in [-0.05, 0) is 59.1 Å². The number of aromatic nitrogens is 1. The molecule has 2 rings (SSSR count). The molecule has 0 unspecified atom stereocenters. The van der Waals surface area contributed by atoms with Gasteiger partial charge in [-0.2, -0.15) is 0 Å². The van der Waals surface area contributed by atoms with Gasteiger partial charge in [0, 0.05) is 15.7 Å². The van der Waals surface area contributed by atoms with Gasteiger partial charge in [0.1, 0.15) is 11.5 Å². The molecule has 0 fully saturated rings. The van der Waals surface area contributed by atoms with Crippen molar-refractivity contribution < 1.29 is 4.74 Å². The van der Waals surface area contributed by atoms with E-state index >= 15 is 0 Å². The molecule has 0 aliphatic heterocycles. The van der Waals surface area contributed by atoms with Crippen LogP contribution in [0.1, 0.15) is 11.1 Å². The van der Waals surface area contributed by atoms with E-state index in [0.29, 0.717) is 5.75 Å². The number of pyridine rings is 1. The van der Waals surface area contributed by atoms with Crippen LogP contribution in [-0.2, 0) is 0 Å². The summed E-state index contributed by atoms with van der Waals surface area (Å²) in [4.78, 5) is 4.04. The van der Waals surface area contributed by atoms with Gasteiger partial charge in [-0.3, -0.25) is 4.98 Å². The minimum atomic E-state index is 0.695. The van der Waals surface area contributed by atoms with Crippen LogP contribution in [0.25, 0.3) is 0 Å². The van der Waals surface area contributed by atoms with Crippen molar-refractivity contribution in [2.45, 2.75) is 13.8 Å². The maximum atomic E-state index is 6.10. The third-order valence-electron chi connectivity index (χ3n) is 2.33. The Bertz CT molecular complexity index is 534. The van der Waals surface area contributed by atoms with Crippen molar-refractivity contribution in [3.8, 4) is 11.5 Å². The second-order valence-corrected chi connectivity index (χ2v) is 5.11. The number of nitrogens with zero attached hydrogens (tertiary/aromatic N) is 1. The van der Waals surface area contributed by atoms with Gasteiger partial charge in [-0.15, -0.1) is 0 Å². The van der Waals surface area contributed by atoms with Crippen molar-refractivity contribution >= 4 is 27.5 Å². The lowest BCUT2D eigenvalue weighted by atomic mass is 10.1. The summed E-state index contributed by atoms with van der Waals surface area (Å²) in [6.45, 7) is 3.92. The van der Waals surface area contributed by atoms with E-state index in [9.17, 15) is 0 Å². The minimum absolute atomic E-state index is 0.695. The molecule has 88 valence electrons. The average molecular weight is 313 g/mol. The Kier molecular flexibility index (Phi) is 3.69. The highest BCUT2D eigenvalue weighted by Crippen LogP contribution is 2.29. The molecule has 0 saturated carbocycles. The van der Waals surface area contributed by atoms with Gasteiger partial charge in [-0.25, -0.2) is 0 Å². The molecule has 0 radical (unpaired) electrons. The molecule has 1 aromatic carbocycles. The van der Waals surface area contributed by atoms with Crippen LogP contribution in [0.15, 0.2) is 35.1 Å². The van der Waals surface area contributed by atoms with Crippen LogP contribution >= 0.6 is 27.5 Å². The van der Waals surface area contributed by atoms with Crippen LogP contribution < -0.4 is 4.74 Å². The van der Waals surface area contributed by atoms with E-state index in [4.69, 9.17) is 16.3 Å². The largest absolute Gasteiger partial charge is 0.456 e. The maximum Gasteiger partial charge on any atom is 0.146 e. The van der Waals surface area contributed by atoms with E-state index in [0.717, 1.165) is 26.4 Å². The van der Waals surface area contributed by atoms with Gasteiger partial charge < -0.3 is 4.74 Å². The van der Waals surface area contributed by atoms with Gasteiger partial charge in [0.2, 0.25) is 0 Å². The number of benzene rings is 1. The number of hydrogen-bond donors (Lipinski definition) is 0. The van der Waals surface area contributed by atoms with E-state index in [1.54, 1.807) is 12.4 Å². The van der Waals surface area contributed by atoms with E-state index < -0.39 is 0 Å². The molecule has 1 heterocycles. The first kappa shape index (κ1) is 12.4. The first-order valence-electron chi connectivity index (χ1n) is 5.11. The monoisotopic (exact) mass is 311 g/mol. The molecule has 0 saturated heterocycles.